The fraction of sp³-hybridized carbons (Fsp3) is 0.538. The third-order valence-electron chi connectivity index (χ3n) is 2.66. The highest BCUT2D eigenvalue weighted by molar-refractivity contribution is 7.98. The first-order valence-corrected chi connectivity index (χ1v) is 7.59. The van der Waals surface area contributed by atoms with Gasteiger partial charge in [0.15, 0.2) is 0 Å². The largest absolute Gasteiger partial charge is 0.374 e. The summed E-state index contributed by atoms with van der Waals surface area (Å²) >= 11 is 7.93. The first-order chi connectivity index (χ1) is 8.19. The van der Waals surface area contributed by atoms with Crippen LogP contribution in [0.2, 0.25) is 5.02 Å². The minimum Gasteiger partial charge on any atom is -0.374 e. The van der Waals surface area contributed by atoms with Gasteiger partial charge in [-0.1, -0.05) is 11.6 Å². The summed E-state index contributed by atoms with van der Waals surface area (Å²) in [5, 5.41) is 3.99. The van der Waals surface area contributed by atoms with Gasteiger partial charge in [0.05, 0.1) is 0 Å². The summed E-state index contributed by atoms with van der Waals surface area (Å²) in [5.74, 6) is 1.21. The first kappa shape index (κ1) is 14.7. The maximum absolute atomic E-state index is 6.03. The SMILES string of the molecule is CNCc1cc(Cl)ccc1N(C)CCCSC. The van der Waals surface area contributed by atoms with E-state index < -0.39 is 0 Å². The average molecular weight is 273 g/mol. The molecule has 0 saturated carbocycles. The number of benzene rings is 1. The molecule has 1 aromatic rings. The molecule has 0 aliphatic carbocycles. The average Bonchev–Trinajstić information content (AvgIpc) is 2.30. The zero-order chi connectivity index (χ0) is 12.7. The molecule has 0 fully saturated rings. The Kier molecular flexibility index (Phi) is 6.78. The molecule has 0 aliphatic heterocycles. The number of nitrogens with zero attached hydrogens (tertiary/aromatic N) is 1. The van der Waals surface area contributed by atoms with Crippen LogP contribution in [-0.2, 0) is 6.54 Å². The molecule has 0 aromatic heterocycles. The molecule has 0 aliphatic rings. The van der Waals surface area contributed by atoms with E-state index in [0.717, 1.165) is 18.1 Å². The van der Waals surface area contributed by atoms with E-state index in [9.17, 15) is 0 Å². The van der Waals surface area contributed by atoms with Gasteiger partial charge in [0.25, 0.3) is 0 Å². The lowest BCUT2D eigenvalue weighted by molar-refractivity contribution is 0.799. The van der Waals surface area contributed by atoms with Crippen molar-refractivity contribution in [3.05, 3.63) is 28.8 Å². The van der Waals surface area contributed by atoms with Crippen molar-refractivity contribution in [2.45, 2.75) is 13.0 Å². The van der Waals surface area contributed by atoms with E-state index in [4.69, 9.17) is 11.6 Å². The molecule has 0 radical (unpaired) electrons. The zero-order valence-electron chi connectivity index (χ0n) is 10.8. The molecule has 0 unspecified atom stereocenters. The van der Waals surface area contributed by atoms with Crippen molar-refractivity contribution < 1.29 is 0 Å². The molecular formula is C13H21ClN2S. The normalized spacial score (nSPS) is 10.6. The molecule has 17 heavy (non-hydrogen) atoms. The Hall–Kier alpha value is -0.380. The number of thioether (sulfide) groups is 1. The van der Waals surface area contributed by atoms with Crippen molar-refractivity contribution in [1.29, 1.82) is 0 Å². The summed E-state index contributed by atoms with van der Waals surface area (Å²) in [7, 11) is 4.10. The van der Waals surface area contributed by atoms with Gasteiger partial charge in [-0.3, -0.25) is 0 Å². The number of hydrogen-bond donors (Lipinski definition) is 1. The van der Waals surface area contributed by atoms with E-state index in [2.05, 4.69) is 29.6 Å². The van der Waals surface area contributed by atoms with Crippen LogP contribution in [0.25, 0.3) is 0 Å². The monoisotopic (exact) mass is 272 g/mol. The third-order valence-corrected chi connectivity index (χ3v) is 3.59. The fourth-order valence-electron chi connectivity index (χ4n) is 1.83. The van der Waals surface area contributed by atoms with Gasteiger partial charge in [0.2, 0.25) is 0 Å². The van der Waals surface area contributed by atoms with Crippen LogP contribution < -0.4 is 10.2 Å². The molecule has 0 atom stereocenters. The van der Waals surface area contributed by atoms with E-state index in [1.807, 2.05) is 30.9 Å². The second-order valence-corrected chi connectivity index (χ2v) is 5.49. The molecule has 0 amide bonds. The Morgan fingerprint density at radius 1 is 1.41 bits per heavy atom. The Labute approximate surface area is 114 Å². The molecule has 2 nitrogen and oxygen atoms in total. The van der Waals surface area contributed by atoms with Crippen LogP contribution in [0, 0.1) is 0 Å². The predicted octanol–water partition coefficient (Wildman–Crippen LogP) is 3.25. The molecule has 96 valence electrons. The van der Waals surface area contributed by atoms with E-state index in [1.165, 1.54) is 23.4 Å². The van der Waals surface area contributed by atoms with Crippen LogP contribution in [0.4, 0.5) is 5.69 Å². The number of hydrogen-bond acceptors (Lipinski definition) is 3. The maximum atomic E-state index is 6.03. The van der Waals surface area contributed by atoms with Crippen LogP contribution in [0.15, 0.2) is 18.2 Å². The summed E-state index contributed by atoms with van der Waals surface area (Å²) in [5.41, 5.74) is 2.52. The third kappa shape index (κ3) is 4.78. The maximum Gasteiger partial charge on any atom is 0.0410 e. The van der Waals surface area contributed by atoms with Crippen molar-refractivity contribution in [2.75, 3.05) is 37.5 Å². The first-order valence-electron chi connectivity index (χ1n) is 5.82. The van der Waals surface area contributed by atoms with Crippen LogP contribution in [0.1, 0.15) is 12.0 Å². The highest BCUT2D eigenvalue weighted by Crippen LogP contribution is 2.23. The highest BCUT2D eigenvalue weighted by atomic mass is 35.5. The van der Waals surface area contributed by atoms with Crippen molar-refractivity contribution >= 4 is 29.1 Å². The Morgan fingerprint density at radius 3 is 2.82 bits per heavy atom. The highest BCUT2D eigenvalue weighted by Gasteiger charge is 2.07. The quantitative estimate of drug-likeness (QED) is 0.767. The molecule has 0 saturated heterocycles. The van der Waals surface area contributed by atoms with Gasteiger partial charge in [-0.05, 0) is 49.2 Å². The summed E-state index contributed by atoms with van der Waals surface area (Å²) in [6.07, 6.45) is 3.36. The molecule has 1 N–H and O–H groups in total. The number of nitrogens with one attached hydrogen (secondary N) is 1. The number of anilines is 1. The molecule has 0 bridgehead atoms. The Balaban J connectivity index is 2.73. The van der Waals surface area contributed by atoms with Crippen LogP contribution in [0.3, 0.4) is 0 Å². The van der Waals surface area contributed by atoms with Crippen molar-refractivity contribution in [3.63, 3.8) is 0 Å². The summed E-state index contributed by atoms with van der Waals surface area (Å²) < 4.78 is 0. The van der Waals surface area contributed by atoms with E-state index in [-0.39, 0.29) is 0 Å². The molecule has 4 heteroatoms. The van der Waals surface area contributed by atoms with Gasteiger partial charge in [-0.15, -0.1) is 0 Å². The van der Waals surface area contributed by atoms with Gasteiger partial charge in [0, 0.05) is 30.8 Å². The van der Waals surface area contributed by atoms with Crippen LogP contribution in [0.5, 0.6) is 0 Å². The second kappa shape index (κ2) is 7.85. The molecule has 0 heterocycles. The lowest BCUT2D eigenvalue weighted by Crippen LogP contribution is -2.21. The second-order valence-electron chi connectivity index (χ2n) is 4.07. The lowest BCUT2D eigenvalue weighted by Gasteiger charge is -2.22. The summed E-state index contributed by atoms with van der Waals surface area (Å²) in [4.78, 5) is 2.30. The van der Waals surface area contributed by atoms with Crippen molar-refractivity contribution in [2.24, 2.45) is 0 Å². The Morgan fingerprint density at radius 2 is 2.18 bits per heavy atom. The van der Waals surface area contributed by atoms with E-state index >= 15 is 0 Å². The standard InChI is InChI=1S/C13H21ClN2S/c1-15-10-11-9-12(14)5-6-13(11)16(2)7-4-8-17-3/h5-6,9,15H,4,7-8,10H2,1-3H3. The van der Waals surface area contributed by atoms with Gasteiger partial charge in [-0.2, -0.15) is 11.8 Å². The molecular weight excluding hydrogens is 252 g/mol. The molecule has 0 spiro atoms. The minimum atomic E-state index is 0.802. The van der Waals surface area contributed by atoms with Gasteiger partial charge in [0.1, 0.15) is 0 Å². The summed E-state index contributed by atoms with van der Waals surface area (Å²) in [6, 6.07) is 6.10. The van der Waals surface area contributed by atoms with E-state index in [1.54, 1.807) is 0 Å². The number of halogens is 1. The van der Waals surface area contributed by atoms with Crippen LogP contribution >= 0.6 is 23.4 Å². The topological polar surface area (TPSA) is 15.3 Å². The van der Waals surface area contributed by atoms with Crippen molar-refractivity contribution in [1.82, 2.24) is 5.32 Å². The van der Waals surface area contributed by atoms with E-state index in [0.29, 0.717) is 0 Å². The Bertz CT molecular complexity index is 344. The van der Waals surface area contributed by atoms with Gasteiger partial charge >= 0.3 is 0 Å². The molecule has 1 aromatic carbocycles. The van der Waals surface area contributed by atoms with Gasteiger partial charge in [-0.25, -0.2) is 0 Å². The van der Waals surface area contributed by atoms with Crippen molar-refractivity contribution in [3.8, 4) is 0 Å². The van der Waals surface area contributed by atoms with Crippen LogP contribution in [-0.4, -0.2) is 32.6 Å². The smallest absolute Gasteiger partial charge is 0.0410 e. The number of rotatable bonds is 7. The lowest BCUT2D eigenvalue weighted by atomic mass is 10.1. The fourth-order valence-corrected chi connectivity index (χ4v) is 2.44. The molecule has 1 rings (SSSR count). The van der Waals surface area contributed by atoms with Gasteiger partial charge < -0.3 is 10.2 Å². The summed E-state index contributed by atoms with van der Waals surface area (Å²) in [6.45, 7) is 1.93. The predicted molar refractivity (Wildman–Crippen MR) is 80.5 cm³/mol. The zero-order valence-corrected chi connectivity index (χ0v) is 12.4. The minimum absolute atomic E-state index is 0.802.